The summed E-state index contributed by atoms with van der Waals surface area (Å²) in [7, 11) is 0. The summed E-state index contributed by atoms with van der Waals surface area (Å²) in [5.74, 6) is 0.408. The van der Waals surface area contributed by atoms with E-state index in [1.165, 1.54) is 6.07 Å². The van der Waals surface area contributed by atoms with Gasteiger partial charge in [-0.1, -0.05) is 0 Å². The van der Waals surface area contributed by atoms with E-state index < -0.39 is 11.7 Å². The Bertz CT molecular complexity index is 338. The predicted molar refractivity (Wildman–Crippen MR) is 58.8 cm³/mol. The van der Waals surface area contributed by atoms with E-state index in [0.717, 1.165) is 12.3 Å². The summed E-state index contributed by atoms with van der Waals surface area (Å²) in [4.78, 5) is 3.71. The van der Waals surface area contributed by atoms with Crippen molar-refractivity contribution in [3.05, 3.63) is 23.9 Å². The Morgan fingerprint density at radius 1 is 1.41 bits per heavy atom. The van der Waals surface area contributed by atoms with Crippen LogP contribution in [0.25, 0.3) is 0 Å². The largest absolute Gasteiger partial charge is 0.417 e. The maximum atomic E-state index is 12.3. The fourth-order valence-corrected chi connectivity index (χ4v) is 1.24. The lowest BCUT2D eigenvalue weighted by atomic mass is 10.2. The number of halogens is 3. The standard InChI is InChI=1S/C11H15F3N2O/c1-3-17-7-8(2)16-10-5-4-9(6-15-10)11(12,13)14/h4-6,8H,3,7H2,1-2H3,(H,15,16). The van der Waals surface area contributed by atoms with Crippen molar-refractivity contribution >= 4 is 5.82 Å². The van der Waals surface area contributed by atoms with Crippen LogP contribution >= 0.6 is 0 Å². The minimum Gasteiger partial charge on any atom is -0.380 e. The van der Waals surface area contributed by atoms with Crippen molar-refractivity contribution in [2.24, 2.45) is 0 Å². The van der Waals surface area contributed by atoms with Gasteiger partial charge < -0.3 is 10.1 Å². The zero-order valence-corrected chi connectivity index (χ0v) is 9.71. The number of pyridine rings is 1. The molecular weight excluding hydrogens is 233 g/mol. The highest BCUT2D eigenvalue weighted by Gasteiger charge is 2.30. The molecule has 3 nitrogen and oxygen atoms in total. The summed E-state index contributed by atoms with van der Waals surface area (Å²) in [6, 6.07) is 2.31. The first-order chi connectivity index (χ1) is 7.93. The molecule has 1 aromatic heterocycles. The fourth-order valence-electron chi connectivity index (χ4n) is 1.24. The topological polar surface area (TPSA) is 34.1 Å². The molecule has 6 heteroatoms. The molecule has 1 aromatic rings. The first-order valence-electron chi connectivity index (χ1n) is 5.31. The Balaban J connectivity index is 2.56. The fraction of sp³-hybridized carbons (Fsp3) is 0.545. The number of nitrogens with one attached hydrogen (secondary N) is 1. The minimum atomic E-state index is -4.34. The van der Waals surface area contributed by atoms with Crippen molar-refractivity contribution in [2.75, 3.05) is 18.5 Å². The Labute approximate surface area is 98.0 Å². The van der Waals surface area contributed by atoms with Gasteiger partial charge in [0.25, 0.3) is 0 Å². The molecule has 1 unspecified atom stereocenters. The van der Waals surface area contributed by atoms with E-state index >= 15 is 0 Å². The Morgan fingerprint density at radius 3 is 2.59 bits per heavy atom. The van der Waals surface area contributed by atoms with Crippen molar-refractivity contribution in [1.29, 1.82) is 0 Å². The minimum absolute atomic E-state index is 0.000753. The van der Waals surface area contributed by atoms with Crippen LogP contribution in [0.4, 0.5) is 19.0 Å². The number of ether oxygens (including phenoxy) is 1. The van der Waals surface area contributed by atoms with Crippen molar-refractivity contribution in [1.82, 2.24) is 4.98 Å². The van der Waals surface area contributed by atoms with Crippen LogP contribution in [0.15, 0.2) is 18.3 Å². The van der Waals surface area contributed by atoms with Gasteiger partial charge in [-0.2, -0.15) is 13.2 Å². The molecule has 17 heavy (non-hydrogen) atoms. The summed E-state index contributed by atoms with van der Waals surface area (Å²) < 4.78 is 42.0. The number of rotatable bonds is 5. The number of hydrogen-bond donors (Lipinski definition) is 1. The predicted octanol–water partition coefficient (Wildman–Crippen LogP) is 2.94. The van der Waals surface area contributed by atoms with E-state index in [0.29, 0.717) is 19.0 Å². The third-order valence-electron chi connectivity index (χ3n) is 2.06. The number of nitrogens with zero attached hydrogens (tertiary/aromatic N) is 1. The molecule has 0 fully saturated rings. The SMILES string of the molecule is CCOCC(C)Nc1ccc(C(F)(F)F)cn1. The molecule has 1 atom stereocenters. The quantitative estimate of drug-likeness (QED) is 0.869. The molecule has 0 radical (unpaired) electrons. The van der Waals surface area contributed by atoms with Crippen LogP contribution in [0.2, 0.25) is 0 Å². The molecule has 1 N–H and O–H groups in total. The Kier molecular flexibility index (Phi) is 4.74. The lowest BCUT2D eigenvalue weighted by Crippen LogP contribution is -2.22. The maximum absolute atomic E-state index is 12.3. The highest BCUT2D eigenvalue weighted by Crippen LogP contribution is 2.28. The molecule has 1 heterocycles. The number of anilines is 1. The Morgan fingerprint density at radius 2 is 2.12 bits per heavy atom. The van der Waals surface area contributed by atoms with Crippen LogP contribution in [0.3, 0.4) is 0 Å². The third kappa shape index (κ3) is 4.60. The molecular formula is C11H15F3N2O. The molecule has 1 rings (SSSR count). The second-order valence-electron chi connectivity index (χ2n) is 3.63. The summed E-state index contributed by atoms with van der Waals surface area (Å²) >= 11 is 0. The zero-order chi connectivity index (χ0) is 12.9. The van der Waals surface area contributed by atoms with Gasteiger partial charge in [0.15, 0.2) is 0 Å². The van der Waals surface area contributed by atoms with Crippen LogP contribution in [-0.2, 0) is 10.9 Å². The molecule has 96 valence electrons. The van der Waals surface area contributed by atoms with E-state index in [9.17, 15) is 13.2 Å². The number of alkyl halides is 3. The van der Waals surface area contributed by atoms with E-state index in [1.807, 2.05) is 13.8 Å². The van der Waals surface area contributed by atoms with Gasteiger partial charge in [-0.3, -0.25) is 0 Å². The highest BCUT2D eigenvalue weighted by atomic mass is 19.4. The van der Waals surface area contributed by atoms with Gasteiger partial charge in [-0.25, -0.2) is 4.98 Å². The number of hydrogen-bond acceptors (Lipinski definition) is 3. The third-order valence-corrected chi connectivity index (χ3v) is 2.06. The van der Waals surface area contributed by atoms with Gasteiger partial charge in [0.2, 0.25) is 0 Å². The van der Waals surface area contributed by atoms with E-state index in [-0.39, 0.29) is 6.04 Å². The lowest BCUT2D eigenvalue weighted by molar-refractivity contribution is -0.137. The molecule has 0 aliphatic rings. The summed E-state index contributed by atoms with van der Waals surface area (Å²) in [6.45, 7) is 4.84. The summed E-state index contributed by atoms with van der Waals surface area (Å²) in [5.41, 5.74) is -0.750. The first-order valence-corrected chi connectivity index (χ1v) is 5.31. The van der Waals surface area contributed by atoms with Crippen LogP contribution in [0.5, 0.6) is 0 Å². The van der Waals surface area contributed by atoms with Gasteiger partial charge in [0, 0.05) is 18.8 Å². The molecule has 0 aliphatic carbocycles. The van der Waals surface area contributed by atoms with Gasteiger partial charge in [-0.15, -0.1) is 0 Å². The summed E-state index contributed by atoms with van der Waals surface area (Å²) in [6.07, 6.45) is -3.53. The molecule has 0 saturated carbocycles. The lowest BCUT2D eigenvalue weighted by Gasteiger charge is -2.14. The van der Waals surface area contributed by atoms with Crippen LogP contribution in [-0.4, -0.2) is 24.2 Å². The second-order valence-corrected chi connectivity index (χ2v) is 3.63. The highest BCUT2D eigenvalue weighted by molar-refractivity contribution is 5.37. The van der Waals surface area contributed by atoms with E-state index in [1.54, 1.807) is 0 Å². The average Bonchev–Trinajstić information content (AvgIpc) is 2.26. The van der Waals surface area contributed by atoms with Crippen LogP contribution in [0.1, 0.15) is 19.4 Å². The monoisotopic (exact) mass is 248 g/mol. The molecule has 0 aromatic carbocycles. The average molecular weight is 248 g/mol. The zero-order valence-electron chi connectivity index (χ0n) is 9.71. The van der Waals surface area contributed by atoms with Gasteiger partial charge in [0.1, 0.15) is 5.82 Å². The van der Waals surface area contributed by atoms with Crippen molar-refractivity contribution in [3.8, 4) is 0 Å². The second kappa shape index (κ2) is 5.86. The molecule has 0 bridgehead atoms. The van der Waals surface area contributed by atoms with Gasteiger partial charge in [0.05, 0.1) is 12.2 Å². The van der Waals surface area contributed by atoms with Gasteiger partial charge >= 0.3 is 6.18 Å². The van der Waals surface area contributed by atoms with E-state index in [4.69, 9.17) is 4.74 Å². The van der Waals surface area contributed by atoms with E-state index in [2.05, 4.69) is 10.3 Å². The van der Waals surface area contributed by atoms with Gasteiger partial charge in [-0.05, 0) is 26.0 Å². The molecule has 0 spiro atoms. The molecule has 0 saturated heterocycles. The number of aromatic nitrogens is 1. The van der Waals surface area contributed by atoms with Crippen LogP contribution in [0, 0.1) is 0 Å². The molecule has 0 aliphatic heterocycles. The van der Waals surface area contributed by atoms with Crippen molar-refractivity contribution in [2.45, 2.75) is 26.1 Å². The smallest absolute Gasteiger partial charge is 0.380 e. The first kappa shape index (κ1) is 13.8. The summed E-state index contributed by atoms with van der Waals surface area (Å²) in [5, 5.41) is 2.95. The van der Waals surface area contributed by atoms with Crippen LogP contribution < -0.4 is 5.32 Å². The molecule has 0 amide bonds. The maximum Gasteiger partial charge on any atom is 0.417 e. The Hall–Kier alpha value is -1.30. The van der Waals surface area contributed by atoms with Crippen molar-refractivity contribution in [3.63, 3.8) is 0 Å². The van der Waals surface area contributed by atoms with Crippen molar-refractivity contribution < 1.29 is 17.9 Å². The normalized spacial score (nSPS) is 13.5.